The van der Waals surface area contributed by atoms with Crippen molar-refractivity contribution < 1.29 is 22.3 Å². The first kappa shape index (κ1) is 19.7. The second kappa shape index (κ2) is 7.45. The minimum Gasteiger partial charge on any atom is -0.444 e. The average Bonchev–Trinajstić information content (AvgIpc) is 2.37. The molecule has 0 saturated carbocycles. The number of amides is 1. The highest BCUT2D eigenvalue weighted by molar-refractivity contribution is 9.10. The Balaban J connectivity index is 2.61. The molecule has 0 spiro atoms. The van der Waals surface area contributed by atoms with Crippen molar-refractivity contribution in [3.8, 4) is 0 Å². The largest absolute Gasteiger partial charge is 0.444 e. The molecule has 7 nitrogen and oxygen atoms in total. The Morgan fingerprint density at radius 3 is 2.52 bits per heavy atom. The van der Waals surface area contributed by atoms with Crippen molar-refractivity contribution in [1.82, 2.24) is 10.0 Å². The Labute approximate surface area is 142 Å². The van der Waals surface area contributed by atoms with Crippen molar-refractivity contribution in [1.29, 1.82) is 0 Å². The van der Waals surface area contributed by atoms with E-state index in [-0.39, 0.29) is 28.1 Å². The van der Waals surface area contributed by atoms with Crippen LogP contribution in [0.25, 0.3) is 0 Å². The predicted octanol–water partition coefficient (Wildman–Crippen LogP) is 1.97. The van der Waals surface area contributed by atoms with Gasteiger partial charge in [-0.15, -0.1) is 0 Å². The summed E-state index contributed by atoms with van der Waals surface area (Å²) in [4.78, 5) is 11.2. The lowest BCUT2D eigenvalue weighted by Crippen LogP contribution is -2.37. The van der Waals surface area contributed by atoms with Gasteiger partial charge in [-0.2, -0.15) is 0 Å². The maximum absolute atomic E-state index is 13.2. The molecular formula is C13H19BrFN3O4S. The standard InChI is InChI=1S/C13H19BrFN3O4S/c1-13(2,3)22-12(19)17-4-5-18-23(20,21)11-7-10(16)9(15)6-8(11)14/h6-7,18H,4-5,16H2,1-3H3,(H,17,19). The molecular weight excluding hydrogens is 393 g/mol. The molecule has 0 aliphatic carbocycles. The van der Waals surface area contributed by atoms with Crippen molar-refractivity contribution in [2.24, 2.45) is 0 Å². The van der Waals surface area contributed by atoms with E-state index in [1.807, 2.05) is 0 Å². The topological polar surface area (TPSA) is 111 Å². The Bertz CT molecular complexity index is 689. The Morgan fingerprint density at radius 2 is 1.96 bits per heavy atom. The molecule has 0 aliphatic rings. The van der Waals surface area contributed by atoms with E-state index >= 15 is 0 Å². The van der Waals surface area contributed by atoms with Crippen LogP contribution in [0.5, 0.6) is 0 Å². The van der Waals surface area contributed by atoms with Crippen LogP contribution in [0.1, 0.15) is 20.8 Å². The Morgan fingerprint density at radius 1 is 1.35 bits per heavy atom. The molecule has 0 saturated heterocycles. The van der Waals surface area contributed by atoms with E-state index in [1.165, 1.54) is 0 Å². The molecule has 1 aromatic carbocycles. The summed E-state index contributed by atoms with van der Waals surface area (Å²) < 4.78 is 44.8. The second-order valence-corrected chi connectivity index (χ2v) is 8.22. The highest BCUT2D eigenvalue weighted by Crippen LogP contribution is 2.26. The smallest absolute Gasteiger partial charge is 0.407 e. The fourth-order valence-corrected chi connectivity index (χ4v) is 3.57. The number of sulfonamides is 1. The van der Waals surface area contributed by atoms with Crippen molar-refractivity contribution >= 4 is 37.7 Å². The van der Waals surface area contributed by atoms with Crippen molar-refractivity contribution in [3.05, 3.63) is 22.4 Å². The van der Waals surface area contributed by atoms with Crippen molar-refractivity contribution in [3.63, 3.8) is 0 Å². The van der Waals surface area contributed by atoms with Crippen LogP contribution in [0.3, 0.4) is 0 Å². The van der Waals surface area contributed by atoms with Gasteiger partial charge in [0.1, 0.15) is 11.4 Å². The number of nitrogens with one attached hydrogen (secondary N) is 2. The van der Waals surface area contributed by atoms with Gasteiger partial charge in [0.25, 0.3) is 0 Å². The quantitative estimate of drug-likeness (QED) is 0.506. The Kier molecular flexibility index (Phi) is 6.37. The number of nitrogen functional groups attached to an aromatic ring is 1. The maximum Gasteiger partial charge on any atom is 0.407 e. The van der Waals surface area contributed by atoms with Gasteiger partial charge in [0, 0.05) is 17.6 Å². The summed E-state index contributed by atoms with van der Waals surface area (Å²) in [6.45, 7) is 5.11. The summed E-state index contributed by atoms with van der Waals surface area (Å²) in [6.07, 6.45) is -0.649. The number of carbonyl (C=O) groups is 1. The first-order chi connectivity index (χ1) is 10.4. The van der Waals surface area contributed by atoms with Gasteiger partial charge in [-0.05, 0) is 48.8 Å². The van der Waals surface area contributed by atoms with Crippen LogP contribution in [-0.4, -0.2) is 33.2 Å². The minimum atomic E-state index is -3.90. The number of ether oxygens (including phenoxy) is 1. The molecule has 1 amide bonds. The summed E-state index contributed by atoms with van der Waals surface area (Å²) >= 11 is 2.98. The molecule has 0 aromatic heterocycles. The van der Waals surface area contributed by atoms with Crippen LogP contribution in [-0.2, 0) is 14.8 Å². The van der Waals surface area contributed by atoms with Crippen LogP contribution in [0.4, 0.5) is 14.9 Å². The molecule has 0 atom stereocenters. The van der Waals surface area contributed by atoms with E-state index in [1.54, 1.807) is 20.8 Å². The summed E-state index contributed by atoms with van der Waals surface area (Å²) in [7, 11) is -3.90. The molecule has 4 N–H and O–H groups in total. The fourth-order valence-electron chi connectivity index (χ4n) is 1.49. The summed E-state index contributed by atoms with van der Waals surface area (Å²) in [6, 6.07) is 1.99. The first-order valence-electron chi connectivity index (χ1n) is 6.63. The molecule has 0 bridgehead atoms. The van der Waals surface area contributed by atoms with Gasteiger partial charge in [0.05, 0.1) is 10.6 Å². The van der Waals surface area contributed by atoms with Gasteiger partial charge in [-0.3, -0.25) is 0 Å². The van der Waals surface area contributed by atoms with E-state index < -0.39 is 27.5 Å². The number of hydrogen-bond donors (Lipinski definition) is 3. The maximum atomic E-state index is 13.2. The molecule has 0 heterocycles. The molecule has 0 radical (unpaired) electrons. The summed E-state index contributed by atoms with van der Waals surface area (Å²) in [5.74, 6) is -0.720. The summed E-state index contributed by atoms with van der Waals surface area (Å²) in [5.41, 5.74) is 4.46. The van der Waals surface area contributed by atoms with Gasteiger partial charge in [-0.25, -0.2) is 22.3 Å². The van der Waals surface area contributed by atoms with Crippen LogP contribution in [0.2, 0.25) is 0 Å². The van der Waals surface area contributed by atoms with E-state index in [9.17, 15) is 17.6 Å². The molecule has 23 heavy (non-hydrogen) atoms. The van der Waals surface area contributed by atoms with Gasteiger partial charge >= 0.3 is 6.09 Å². The number of alkyl carbamates (subject to hydrolysis) is 1. The van der Waals surface area contributed by atoms with E-state index in [2.05, 4.69) is 26.0 Å². The average molecular weight is 412 g/mol. The number of benzene rings is 1. The van der Waals surface area contributed by atoms with Crippen LogP contribution < -0.4 is 15.8 Å². The number of hydrogen-bond acceptors (Lipinski definition) is 5. The second-order valence-electron chi connectivity index (χ2n) is 5.63. The lowest BCUT2D eigenvalue weighted by Gasteiger charge is -2.19. The number of rotatable bonds is 5. The highest BCUT2D eigenvalue weighted by atomic mass is 79.9. The van der Waals surface area contributed by atoms with Gasteiger partial charge in [0.2, 0.25) is 10.0 Å². The fraction of sp³-hybridized carbons (Fsp3) is 0.462. The molecule has 0 aliphatic heterocycles. The number of anilines is 1. The van der Waals surface area contributed by atoms with Gasteiger partial charge in [0.15, 0.2) is 0 Å². The minimum absolute atomic E-state index is 0.0302. The lowest BCUT2D eigenvalue weighted by molar-refractivity contribution is 0.0529. The third-order valence-electron chi connectivity index (χ3n) is 2.43. The monoisotopic (exact) mass is 411 g/mol. The molecule has 10 heteroatoms. The van der Waals surface area contributed by atoms with Gasteiger partial charge in [-0.1, -0.05) is 0 Å². The highest BCUT2D eigenvalue weighted by Gasteiger charge is 2.20. The van der Waals surface area contributed by atoms with E-state index in [0.29, 0.717) is 0 Å². The molecule has 0 unspecified atom stereocenters. The molecule has 1 aromatic rings. The third-order valence-corrected chi connectivity index (χ3v) is 4.85. The normalized spacial score (nSPS) is 12.0. The zero-order chi connectivity index (χ0) is 17.8. The predicted molar refractivity (Wildman–Crippen MR) is 87.9 cm³/mol. The zero-order valence-electron chi connectivity index (χ0n) is 12.9. The van der Waals surface area contributed by atoms with Crippen molar-refractivity contribution in [2.45, 2.75) is 31.3 Å². The molecule has 130 valence electrons. The van der Waals surface area contributed by atoms with Crippen LogP contribution in [0.15, 0.2) is 21.5 Å². The van der Waals surface area contributed by atoms with E-state index in [0.717, 1.165) is 12.1 Å². The summed E-state index contributed by atoms with van der Waals surface area (Å²) in [5, 5.41) is 2.41. The van der Waals surface area contributed by atoms with Crippen LogP contribution in [0, 0.1) is 5.82 Å². The first-order valence-corrected chi connectivity index (χ1v) is 8.91. The van der Waals surface area contributed by atoms with Crippen molar-refractivity contribution in [2.75, 3.05) is 18.8 Å². The third kappa shape index (κ3) is 6.32. The Hall–Kier alpha value is -1.39. The lowest BCUT2D eigenvalue weighted by atomic mass is 10.2. The molecule has 0 fully saturated rings. The number of carbonyl (C=O) groups excluding carboxylic acids is 1. The SMILES string of the molecule is CC(C)(C)OC(=O)NCCNS(=O)(=O)c1cc(N)c(F)cc1Br. The van der Waals surface area contributed by atoms with E-state index in [4.69, 9.17) is 10.5 Å². The molecule has 1 rings (SSSR count). The number of halogens is 2. The van der Waals surface area contributed by atoms with Crippen LogP contribution >= 0.6 is 15.9 Å². The number of nitrogens with two attached hydrogens (primary N) is 1. The van der Waals surface area contributed by atoms with Gasteiger partial charge < -0.3 is 15.8 Å². The zero-order valence-corrected chi connectivity index (χ0v) is 15.3.